The normalized spacial score (nSPS) is 12.6. The van der Waals surface area contributed by atoms with Gasteiger partial charge in [0.2, 0.25) is 0 Å². The molecule has 0 aliphatic carbocycles. The van der Waals surface area contributed by atoms with E-state index in [0.29, 0.717) is 0 Å². The highest BCUT2D eigenvalue weighted by atomic mass is 16.3. The van der Waals surface area contributed by atoms with Crippen molar-refractivity contribution < 1.29 is 4.42 Å². The van der Waals surface area contributed by atoms with Crippen LogP contribution in [0.1, 0.15) is 51.7 Å². The van der Waals surface area contributed by atoms with Crippen molar-refractivity contribution in [1.82, 2.24) is 0 Å². The summed E-state index contributed by atoms with van der Waals surface area (Å²) in [5.41, 5.74) is 1.87. The molecule has 1 nitrogen and oxygen atoms in total. The average Bonchev–Trinajstić information content (AvgIpc) is 2.73. The highest BCUT2D eigenvalue weighted by molar-refractivity contribution is 5.17. The van der Waals surface area contributed by atoms with Gasteiger partial charge in [-0.25, -0.2) is 0 Å². The molecule has 2 rings (SSSR count). The van der Waals surface area contributed by atoms with E-state index < -0.39 is 0 Å². The van der Waals surface area contributed by atoms with Gasteiger partial charge in [0.25, 0.3) is 0 Å². The third-order valence-electron chi connectivity index (χ3n) is 3.60. The predicted molar refractivity (Wildman–Crippen MR) is 89.5 cm³/mol. The van der Waals surface area contributed by atoms with Crippen molar-refractivity contribution in [2.24, 2.45) is 10.8 Å². The van der Waals surface area contributed by atoms with Crippen molar-refractivity contribution in [2.75, 3.05) is 0 Å². The van der Waals surface area contributed by atoms with Crippen LogP contribution in [0.2, 0.25) is 0 Å². The van der Waals surface area contributed by atoms with Crippen LogP contribution in [0.5, 0.6) is 0 Å². The maximum atomic E-state index is 6.03. The Morgan fingerprint density at radius 3 is 1.86 bits per heavy atom. The Kier molecular flexibility index (Phi) is 4.61. The van der Waals surface area contributed by atoms with Gasteiger partial charge < -0.3 is 4.42 Å². The molecular formula is C20H28O. The Hall–Kier alpha value is -1.50. The van der Waals surface area contributed by atoms with Crippen molar-refractivity contribution in [3.8, 4) is 0 Å². The van der Waals surface area contributed by atoms with Crippen LogP contribution in [0.15, 0.2) is 46.9 Å². The van der Waals surface area contributed by atoms with Crippen LogP contribution < -0.4 is 0 Å². The molecule has 1 aromatic heterocycles. The van der Waals surface area contributed by atoms with Crippen LogP contribution in [0.3, 0.4) is 0 Å². The third-order valence-corrected chi connectivity index (χ3v) is 3.60. The lowest BCUT2D eigenvalue weighted by Crippen LogP contribution is -2.18. The predicted octanol–water partition coefficient (Wildman–Crippen LogP) is 5.68. The quantitative estimate of drug-likeness (QED) is 0.688. The van der Waals surface area contributed by atoms with Gasteiger partial charge >= 0.3 is 0 Å². The molecule has 21 heavy (non-hydrogen) atoms. The topological polar surface area (TPSA) is 13.1 Å². The summed E-state index contributed by atoms with van der Waals surface area (Å²) in [6.07, 6.45) is 3.04. The van der Waals surface area contributed by atoms with Crippen LogP contribution in [0, 0.1) is 10.8 Å². The van der Waals surface area contributed by atoms with Gasteiger partial charge in [-0.3, -0.25) is 0 Å². The molecule has 1 heteroatoms. The number of rotatable bonds is 5. The van der Waals surface area contributed by atoms with E-state index in [-0.39, 0.29) is 10.8 Å². The maximum Gasteiger partial charge on any atom is 0.104 e. The van der Waals surface area contributed by atoms with Crippen molar-refractivity contribution in [3.63, 3.8) is 0 Å². The molecule has 0 aliphatic heterocycles. The Morgan fingerprint density at radius 1 is 0.714 bits per heavy atom. The Labute approximate surface area is 129 Å². The van der Waals surface area contributed by atoms with Crippen molar-refractivity contribution in [3.05, 3.63) is 59.5 Å². The van der Waals surface area contributed by atoms with E-state index in [1.807, 2.05) is 0 Å². The monoisotopic (exact) mass is 284 g/mol. The zero-order valence-corrected chi connectivity index (χ0v) is 14.1. The van der Waals surface area contributed by atoms with E-state index in [0.717, 1.165) is 30.8 Å². The maximum absolute atomic E-state index is 6.03. The number of hydrogen-bond acceptors (Lipinski definition) is 1. The number of furan rings is 1. The second-order valence-electron chi connectivity index (χ2n) is 8.11. The van der Waals surface area contributed by atoms with E-state index in [1.165, 1.54) is 5.56 Å². The summed E-state index contributed by atoms with van der Waals surface area (Å²) in [6.45, 7) is 11.4. The molecular weight excluding hydrogens is 256 g/mol. The molecule has 0 bridgehead atoms. The van der Waals surface area contributed by atoms with E-state index >= 15 is 0 Å². The van der Waals surface area contributed by atoms with Gasteiger partial charge in [0, 0.05) is 12.8 Å². The Bertz CT molecular complexity index is 555. The van der Waals surface area contributed by atoms with Gasteiger partial charge in [0.1, 0.15) is 11.5 Å². The van der Waals surface area contributed by atoms with Crippen LogP contribution in [0.4, 0.5) is 0 Å². The molecule has 0 saturated heterocycles. The van der Waals surface area contributed by atoms with Crippen molar-refractivity contribution in [1.29, 1.82) is 0 Å². The number of hydrogen-bond donors (Lipinski definition) is 0. The zero-order chi connectivity index (χ0) is 15.5. The van der Waals surface area contributed by atoms with Crippen LogP contribution in [-0.4, -0.2) is 0 Å². The first-order valence-electron chi connectivity index (χ1n) is 7.85. The summed E-state index contributed by atoms with van der Waals surface area (Å²) in [7, 11) is 0. The summed E-state index contributed by atoms with van der Waals surface area (Å²) in [5.74, 6) is 2.21. The van der Waals surface area contributed by atoms with E-state index in [9.17, 15) is 0 Å². The first-order valence-corrected chi connectivity index (χ1v) is 7.85. The minimum atomic E-state index is 0.207. The van der Waals surface area contributed by atoms with Crippen molar-refractivity contribution >= 4 is 0 Å². The molecule has 0 fully saturated rings. The Morgan fingerprint density at radius 2 is 1.29 bits per heavy atom. The lowest BCUT2D eigenvalue weighted by Gasteiger charge is -2.23. The summed E-state index contributed by atoms with van der Waals surface area (Å²) in [5, 5.41) is 0. The molecule has 1 heterocycles. The summed E-state index contributed by atoms with van der Waals surface area (Å²) >= 11 is 0. The van der Waals surface area contributed by atoms with Gasteiger partial charge in [-0.1, -0.05) is 65.0 Å². The fraction of sp³-hybridized carbons (Fsp3) is 0.500. The highest BCUT2D eigenvalue weighted by Crippen LogP contribution is 2.29. The molecule has 0 radical (unpaired) electrons. The van der Waals surface area contributed by atoms with Crippen LogP contribution in [0.25, 0.3) is 0 Å². The molecule has 0 atom stereocenters. The lowest BCUT2D eigenvalue weighted by molar-refractivity contribution is 0.306. The highest BCUT2D eigenvalue weighted by Gasteiger charge is 2.22. The Balaban J connectivity index is 2.00. The smallest absolute Gasteiger partial charge is 0.104 e. The summed E-state index contributed by atoms with van der Waals surface area (Å²) in [6, 6.07) is 15.0. The lowest BCUT2D eigenvalue weighted by atomic mass is 9.82. The first-order chi connectivity index (χ1) is 9.73. The van der Waals surface area contributed by atoms with Crippen LogP contribution >= 0.6 is 0 Å². The molecule has 0 N–H and O–H groups in total. The minimum absolute atomic E-state index is 0.207. The standard InChI is InChI=1S/C20H28O/c1-19(2,3)14-17-11-12-18(21-17)15-20(4,5)13-16-9-7-6-8-10-16/h6-12H,13-15H2,1-5H3. The molecule has 0 aliphatic rings. The fourth-order valence-corrected chi connectivity index (χ4v) is 2.82. The first kappa shape index (κ1) is 15.9. The fourth-order valence-electron chi connectivity index (χ4n) is 2.82. The minimum Gasteiger partial charge on any atom is -0.466 e. The van der Waals surface area contributed by atoms with Gasteiger partial charge in [0.15, 0.2) is 0 Å². The van der Waals surface area contributed by atoms with E-state index in [1.54, 1.807) is 0 Å². The van der Waals surface area contributed by atoms with Crippen LogP contribution in [-0.2, 0) is 19.3 Å². The molecule has 0 saturated carbocycles. The molecule has 1 aromatic carbocycles. The van der Waals surface area contributed by atoms with Gasteiger partial charge in [-0.2, -0.15) is 0 Å². The summed E-state index contributed by atoms with van der Waals surface area (Å²) < 4.78 is 6.03. The second kappa shape index (κ2) is 6.09. The molecule has 2 aromatic rings. The average molecular weight is 284 g/mol. The van der Waals surface area contributed by atoms with Gasteiger partial charge in [0.05, 0.1) is 0 Å². The van der Waals surface area contributed by atoms with Crippen molar-refractivity contribution in [2.45, 2.75) is 53.9 Å². The number of benzene rings is 1. The molecule has 0 amide bonds. The third kappa shape index (κ3) is 5.41. The van der Waals surface area contributed by atoms with E-state index in [2.05, 4.69) is 77.1 Å². The van der Waals surface area contributed by atoms with Gasteiger partial charge in [-0.05, 0) is 34.9 Å². The largest absolute Gasteiger partial charge is 0.466 e. The SMILES string of the molecule is CC(C)(C)Cc1ccc(CC(C)(C)Cc2ccccc2)o1. The van der Waals surface area contributed by atoms with E-state index in [4.69, 9.17) is 4.42 Å². The molecule has 114 valence electrons. The van der Waals surface area contributed by atoms with Gasteiger partial charge in [-0.15, -0.1) is 0 Å². The second-order valence-corrected chi connectivity index (χ2v) is 8.11. The molecule has 0 spiro atoms. The molecule has 0 unspecified atom stereocenters. The zero-order valence-electron chi connectivity index (χ0n) is 14.1. The summed E-state index contributed by atoms with van der Waals surface area (Å²) in [4.78, 5) is 0.